The SMILES string of the molecule is C/C(Cl)=C/CSc1nc2c(c(=O)[nH]c(=O)n2C)n1Cc1cccc(C)c1. The number of thioether (sulfide) groups is 1. The third-order valence-corrected chi connectivity index (χ3v) is 5.03. The smallest absolute Gasteiger partial charge is 0.309 e. The Bertz CT molecular complexity index is 1110. The number of halogens is 1. The van der Waals surface area contributed by atoms with Crippen LogP contribution in [0.25, 0.3) is 11.2 Å². The van der Waals surface area contributed by atoms with Crippen molar-refractivity contribution in [2.45, 2.75) is 25.5 Å². The minimum absolute atomic E-state index is 0.375. The van der Waals surface area contributed by atoms with Crippen LogP contribution in [0.2, 0.25) is 0 Å². The van der Waals surface area contributed by atoms with Crippen LogP contribution in [0.4, 0.5) is 0 Å². The first-order chi connectivity index (χ1) is 12.4. The number of imidazole rings is 1. The van der Waals surface area contributed by atoms with Crippen LogP contribution in [0.15, 0.2) is 50.1 Å². The van der Waals surface area contributed by atoms with Gasteiger partial charge in [-0.1, -0.05) is 59.3 Å². The molecule has 1 aromatic carbocycles. The lowest BCUT2D eigenvalue weighted by Gasteiger charge is -2.09. The van der Waals surface area contributed by atoms with Crippen molar-refractivity contribution in [3.05, 3.63) is 67.3 Å². The molecule has 0 atom stereocenters. The highest BCUT2D eigenvalue weighted by atomic mass is 35.5. The Labute approximate surface area is 159 Å². The van der Waals surface area contributed by atoms with Gasteiger partial charge in [0, 0.05) is 17.8 Å². The summed E-state index contributed by atoms with van der Waals surface area (Å²) >= 11 is 7.37. The summed E-state index contributed by atoms with van der Waals surface area (Å²) in [5, 5.41) is 1.37. The molecule has 1 N–H and O–H groups in total. The number of allylic oxidation sites excluding steroid dienone is 1. The normalized spacial score (nSPS) is 12.1. The van der Waals surface area contributed by atoms with Crippen molar-refractivity contribution in [1.29, 1.82) is 0 Å². The van der Waals surface area contributed by atoms with Crippen LogP contribution < -0.4 is 11.2 Å². The van der Waals surface area contributed by atoms with Crippen LogP contribution in [0, 0.1) is 6.92 Å². The first-order valence-corrected chi connectivity index (χ1v) is 9.43. The van der Waals surface area contributed by atoms with Crippen LogP contribution in [0.3, 0.4) is 0 Å². The summed E-state index contributed by atoms with van der Waals surface area (Å²) in [6.45, 7) is 4.33. The van der Waals surface area contributed by atoms with Crippen molar-refractivity contribution in [1.82, 2.24) is 19.1 Å². The number of benzene rings is 1. The van der Waals surface area contributed by atoms with E-state index in [0.29, 0.717) is 33.7 Å². The molecule has 0 fully saturated rings. The number of hydrogen-bond donors (Lipinski definition) is 1. The third-order valence-electron chi connectivity index (χ3n) is 3.97. The zero-order chi connectivity index (χ0) is 18.8. The van der Waals surface area contributed by atoms with E-state index in [2.05, 4.69) is 16.0 Å². The fraction of sp³-hybridized carbons (Fsp3) is 0.278. The molecule has 0 bridgehead atoms. The molecule has 0 amide bonds. The standard InChI is InChI=1S/C18H19ClN4O2S/c1-11-5-4-6-13(9-11)10-23-14-15(22(3)17(25)21-16(14)24)20-18(23)26-8-7-12(2)19/h4-7,9H,8,10H2,1-3H3,(H,21,24,25)/b12-7-. The fourth-order valence-corrected chi connectivity index (χ4v) is 3.81. The second-order valence-electron chi connectivity index (χ2n) is 6.06. The maximum Gasteiger partial charge on any atom is 0.329 e. The quantitative estimate of drug-likeness (QED) is 0.679. The van der Waals surface area contributed by atoms with Crippen LogP contribution in [-0.4, -0.2) is 24.9 Å². The lowest BCUT2D eigenvalue weighted by molar-refractivity contribution is 0.728. The number of nitrogens with one attached hydrogen (secondary N) is 1. The molecule has 0 spiro atoms. The van der Waals surface area contributed by atoms with E-state index >= 15 is 0 Å². The van der Waals surface area contributed by atoms with E-state index in [1.807, 2.05) is 42.7 Å². The molecule has 0 unspecified atom stereocenters. The second kappa shape index (κ2) is 7.55. The number of hydrogen-bond acceptors (Lipinski definition) is 4. The van der Waals surface area contributed by atoms with Crippen molar-refractivity contribution in [3.63, 3.8) is 0 Å². The van der Waals surface area contributed by atoms with Gasteiger partial charge in [0.25, 0.3) is 5.56 Å². The summed E-state index contributed by atoms with van der Waals surface area (Å²) in [6, 6.07) is 8.08. The number of H-pyrrole nitrogens is 1. The molecule has 2 heterocycles. The number of aromatic amines is 1. The predicted octanol–water partition coefficient (Wildman–Crippen LogP) is 3.01. The van der Waals surface area contributed by atoms with E-state index in [4.69, 9.17) is 11.6 Å². The van der Waals surface area contributed by atoms with Gasteiger partial charge in [0.15, 0.2) is 16.3 Å². The largest absolute Gasteiger partial charge is 0.329 e. The average Bonchev–Trinajstić information content (AvgIpc) is 2.92. The maximum atomic E-state index is 12.5. The summed E-state index contributed by atoms with van der Waals surface area (Å²) in [4.78, 5) is 31.3. The molecule has 2 aromatic heterocycles. The lowest BCUT2D eigenvalue weighted by Crippen LogP contribution is -2.29. The van der Waals surface area contributed by atoms with Gasteiger partial charge in [-0.05, 0) is 19.4 Å². The highest BCUT2D eigenvalue weighted by Crippen LogP contribution is 2.23. The van der Waals surface area contributed by atoms with Gasteiger partial charge in [-0.3, -0.25) is 14.3 Å². The Kier molecular flexibility index (Phi) is 5.38. The number of aromatic nitrogens is 4. The van der Waals surface area contributed by atoms with Gasteiger partial charge in [0.05, 0.1) is 6.54 Å². The molecule has 26 heavy (non-hydrogen) atoms. The van der Waals surface area contributed by atoms with Crippen LogP contribution in [0.1, 0.15) is 18.1 Å². The topological polar surface area (TPSA) is 72.7 Å². The van der Waals surface area contributed by atoms with Crippen LogP contribution in [0.5, 0.6) is 0 Å². The fourth-order valence-electron chi connectivity index (χ4n) is 2.70. The number of nitrogens with zero attached hydrogens (tertiary/aromatic N) is 3. The van der Waals surface area contributed by atoms with Gasteiger partial charge < -0.3 is 4.57 Å². The van der Waals surface area contributed by atoms with E-state index in [1.54, 1.807) is 7.05 Å². The van der Waals surface area contributed by atoms with Crippen LogP contribution in [-0.2, 0) is 13.6 Å². The zero-order valence-electron chi connectivity index (χ0n) is 14.7. The molecule has 3 rings (SSSR count). The van der Waals surface area contributed by atoms with E-state index in [-0.39, 0.29) is 0 Å². The minimum Gasteiger partial charge on any atom is -0.309 e. The summed E-state index contributed by atoms with van der Waals surface area (Å²) in [5.74, 6) is 0.623. The van der Waals surface area contributed by atoms with Gasteiger partial charge in [0.1, 0.15) is 0 Å². The molecular weight excluding hydrogens is 372 g/mol. The molecule has 0 saturated heterocycles. The van der Waals surface area contributed by atoms with E-state index in [1.165, 1.54) is 16.3 Å². The van der Waals surface area contributed by atoms with Crippen molar-refractivity contribution in [2.75, 3.05) is 5.75 Å². The zero-order valence-corrected chi connectivity index (χ0v) is 16.3. The molecule has 6 nitrogen and oxygen atoms in total. The van der Waals surface area contributed by atoms with Crippen molar-refractivity contribution < 1.29 is 0 Å². The monoisotopic (exact) mass is 390 g/mol. The number of fused-ring (bicyclic) bond motifs is 1. The average molecular weight is 391 g/mol. The first kappa shape index (κ1) is 18.5. The summed E-state index contributed by atoms with van der Waals surface area (Å²) < 4.78 is 3.21. The Morgan fingerprint density at radius 3 is 2.85 bits per heavy atom. The summed E-state index contributed by atoms with van der Waals surface area (Å²) in [6.07, 6.45) is 1.88. The molecule has 8 heteroatoms. The van der Waals surface area contributed by atoms with Gasteiger partial charge in [-0.15, -0.1) is 0 Å². The second-order valence-corrected chi connectivity index (χ2v) is 7.65. The molecule has 0 radical (unpaired) electrons. The highest BCUT2D eigenvalue weighted by molar-refractivity contribution is 7.99. The minimum atomic E-state index is -0.476. The van der Waals surface area contributed by atoms with E-state index in [9.17, 15) is 9.59 Å². The molecule has 136 valence electrons. The van der Waals surface area contributed by atoms with Gasteiger partial charge in [0.2, 0.25) is 0 Å². The first-order valence-electron chi connectivity index (χ1n) is 8.07. The van der Waals surface area contributed by atoms with Crippen molar-refractivity contribution in [2.24, 2.45) is 7.05 Å². The Morgan fingerprint density at radius 2 is 2.15 bits per heavy atom. The summed E-state index contributed by atoms with van der Waals surface area (Å²) in [7, 11) is 1.60. The van der Waals surface area contributed by atoms with Crippen LogP contribution >= 0.6 is 23.4 Å². The third kappa shape index (κ3) is 3.78. The lowest BCUT2D eigenvalue weighted by atomic mass is 10.1. The molecule has 0 aliphatic heterocycles. The van der Waals surface area contributed by atoms with E-state index < -0.39 is 11.2 Å². The molecule has 0 aliphatic rings. The molecular formula is C18H19ClN4O2S. The van der Waals surface area contributed by atoms with Gasteiger partial charge in [-0.25, -0.2) is 9.78 Å². The highest BCUT2D eigenvalue weighted by Gasteiger charge is 2.17. The van der Waals surface area contributed by atoms with Crippen molar-refractivity contribution in [3.8, 4) is 0 Å². The van der Waals surface area contributed by atoms with E-state index in [0.717, 1.165) is 11.1 Å². The Hall–Kier alpha value is -2.25. The van der Waals surface area contributed by atoms with Gasteiger partial charge >= 0.3 is 5.69 Å². The molecule has 0 aliphatic carbocycles. The number of rotatable bonds is 5. The number of aryl methyl sites for hydroxylation is 2. The Morgan fingerprint density at radius 1 is 1.38 bits per heavy atom. The van der Waals surface area contributed by atoms with Gasteiger partial charge in [-0.2, -0.15) is 0 Å². The van der Waals surface area contributed by atoms with Crippen molar-refractivity contribution >= 4 is 34.5 Å². The maximum absolute atomic E-state index is 12.5. The Balaban J connectivity index is 2.16. The predicted molar refractivity (Wildman–Crippen MR) is 106 cm³/mol. The molecule has 0 saturated carbocycles. The summed E-state index contributed by atoms with van der Waals surface area (Å²) in [5.41, 5.74) is 2.06. The molecule has 3 aromatic rings.